The van der Waals surface area contributed by atoms with Crippen molar-refractivity contribution in [2.75, 3.05) is 12.5 Å². The lowest BCUT2D eigenvalue weighted by atomic mass is 10.1. The highest BCUT2D eigenvalue weighted by atomic mass is 16.7. The molecule has 0 radical (unpaired) electrons. The van der Waals surface area contributed by atoms with Crippen molar-refractivity contribution in [2.45, 2.75) is 26.9 Å². The van der Waals surface area contributed by atoms with Gasteiger partial charge in [0.05, 0.1) is 11.8 Å². The van der Waals surface area contributed by atoms with E-state index in [0.29, 0.717) is 17.2 Å². The zero-order chi connectivity index (χ0) is 12.6. The van der Waals surface area contributed by atoms with Crippen LogP contribution in [0.5, 0.6) is 11.5 Å². The molecule has 0 saturated carbocycles. The third kappa shape index (κ3) is 2.00. The van der Waals surface area contributed by atoms with Crippen molar-refractivity contribution >= 4 is 11.7 Å². The molecule has 0 aromatic heterocycles. The summed E-state index contributed by atoms with van der Waals surface area (Å²) in [5, 5.41) is 0. The van der Waals surface area contributed by atoms with Crippen LogP contribution in [0, 0.1) is 6.92 Å². The summed E-state index contributed by atoms with van der Waals surface area (Å²) < 4.78 is 15.7. The second-order valence-electron chi connectivity index (χ2n) is 4.17. The van der Waals surface area contributed by atoms with Crippen LogP contribution >= 0.6 is 0 Å². The Kier molecular flexibility index (Phi) is 2.83. The number of ether oxygens (including phenoxy) is 3. The summed E-state index contributed by atoms with van der Waals surface area (Å²) in [7, 11) is 0. The lowest BCUT2D eigenvalue weighted by Gasteiger charge is -2.13. The van der Waals surface area contributed by atoms with Crippen molar-refractivity contribution in [2.24, 2.45) is 0 Å². The molecular formula is C12H15NO4. The molecule has 2 rings (SSSR count). The van der Waals surface area contributed by atoms with E-state index in [1.54, 1.807) is 19.9 Å². The Morgan fingerprint density at radius 1 is 1.47 bits per heavy atom. The molecule has 5 heteroatoms. The first-order valence-electron chi connectivity index (χ1n) is 5.40. The molecule has 5 nitrogen and oxygen atoms in total. The number of fused-ring (bicyclic) bond motifs is 1. The van der Waals surface area contributed by atoms with Gasteiger partial charge in [0.2, 0.25) is 6.79 Å². The molecular weight excluding hydrogens is 222 g/mol. The molecule has 0 bridgehead atoms. The summed E-state index contributed by atoms with van der Waals surface area (Å²) in [6.07, 6.45) is -0.208. The average Bonchev–Trinajstić information content (AvgIpc) is 2.65. The molecule has 0 unspecified atom stereocenters. The van der Waals surface area contributed by atoms with Crippen molar-refractivity contribution in [3.05, 3.63) is 17.2 Å². The lowest BCUT2D eigenvalue weighted by molar-refractivity contribution is 0.0375. The quantitative estimate of drug-likeness (QED) is 0.628. The SMILES string of the molecule is Cc1cc2c(c(C(=O)OC(C)C)c1N)OCO2. The Morgan fingerprint density at radius 2 is 2.18 bits per heavy atom. The number of nitrogen functional groups attached to an aromatic ring is 1. The molecule has 1 aromatic rings. The van der Waals surface area contributed by atoms with Crippen molar-refractivity contribution < 1.29 is 19.0 Å². The summed E-state index contributed by atoms with van der Waals surface area (Å²) in [4.78, 5) is 12.0. The van der Waals surface area contributed by atoms with Crippen LogP contribution in [-0.4, -0.2) is 18.9 Å². The molecule has 0 saturated heterocycles. The number of hydrogen-bond donors (Lipinski definition) is 1. The topological polar surface area (TPSA) is 70.8 Å². The van der Waals surface area contributed by atoms with Gasteiger partial charge in [0.15, 0.2) is 11.5 Å². The molecule has 1 heterocycles. The number of benzene rings is 1. The van der Waals surface area contributed by atoms with E-state index in [0.717, 1.165) is 5.56 Å². The Morgan fingerprint density at radius 3 is 2.82 bits per heavy atom. The van der Waals surface area contributed by atoms with E-state index >= 15 is 0 Å². The van der Waals surface area contributed by atoms with Gasteiger partial charge in [0.1, 0.15) is 5.56 Å². The Balaban J connectivity index is 2.49. The maximum atomic E-state index is 12.0. The van der Waals surface area contributed by atoms with E-state index < -0.39 is 5.97 Å². The highest BCUT2D eigenvalue weighted by Gasteiger charge is 2.27. The Bertz CT molecular complexity index is 468. The third-order valence-corrected chi connectivity index (χ3v) is 2.46. The summed E-state index contributed by atoms with van der Waals surface area (Å²) in [6, 6.07) is 1.75. The average molecular weight is 237 g/mol. The molecule has 0 atom stereocenters. The van der Waals surface area contributed by atoms with Crippen LogP contribution in [0.3, 0.4) is 0 Å². The first-order chi connectivity index (χ1) is 8.00. The van der Waals surface area contributed by atoms with E-state index in [-0.39, 0.29) is 18.5 Å². The highest BCUT2D eigenvalue weighted by Crippen LogP contribution is 2.41. The molecule has 1 aliphatic heterocycles. The first kappa shape index (κ1) is 11.6. The number of rotatable bonds is 2. The van der Waals surface area contributed by atoms with Crippen molar-refractivity contribution in [3.8, 4) is 11.5 Å². The minimum atomic E-state index is -0.483. The molecule has 0 spiro atoms. The third-order valence-electron chi connectivity index (χ3n) is 2.46. The maximum Gasteiger partial charge on any atom is 0.344 e. The lowest BCUT2D eigenvalue weighted by Crippen LogP contribution is -2.14. The van der Waals surface area contributed by atoms with Gasteiger partial charge in [-0.1, -0.05) is 0 Å². The van der Waals surface area contributed by atoms with Gasteiger partial charge in [-0.2, -0.15) is 0 Å². The van der Waals surface area contributed by atoms with Crippen molar-refractivity contribution in [1.29, 1.82) is 0 Å². The number of nitrogens with two attached hydrogens (primary N) is 1. The van der Waals surface area contributed by atoms with Gasteiger partial charge in [-0.05, 0) is 32.4 Å². The van der Waals surface area contributed by atoms with Gasteiger partial charge < -0.3 is 19.9 Å². The molecule has 0 amide bonds. The van der Waals surface area contributed by atoms with Crippen LogP contribution in [0.2, 0.25) is 0 Å². The molecule has 0 aliphatic carbocycles. The predicted molar refractivity (Wildman–Crippen MR) is 62.3 cm³/mol. The minimum Gasteiger partial charge on any atom is -0.459 e. The largest absolute Gasteiger partial charge is 0.459 e. The van der Waals surface area contributed by atoms with E-state index in [9.17, 15) is 4.79 Å². The van der Waals surface area contributed by atoms with E-state index in [1.165, 1.54) is 0 Å². The fourth-order valence-electron chi connectivity index (χ4n) is 1.66. The van der Waals surface area contributed by atoms with Gasteiger partial charge in [0, 0.05) is 0 Å². The zero-order valence-corrected chi connectivity index (χ0v) is 10.1. The molecule has 17 heavy (non-hydrogen) atoms. The minimum absolute atomic E-state index is 0.0974. The second kappa shape index (κ2) is 4.16. The smallest absolute Gasteiger partial charge is 0.344 e. The monoisotopic (exact) mass is 237 g/mol. The fraction of sp³-hybridized carbons (Fsp3) is 0.417. The van der Waals surface area contributed by atoms with Crippen molar-refractivity contribution in [1.82, 2.24) is 0 Å². The molecule has 0 fully saturated rings. The highest BCUT2D eigenvalue weighted by molar-refractivity contribution is 6.00. The van der Waals surface area contributed by atoms with E-state index in [1.807, 2.05) is 6.92 Å². The summed E-state index contributed by atoms with van der Waals surface area (Å²) in [6.45, 7) is 5.46. The molecule has 2 N–H and O–H groups in total. The Hall–Kier alpha value is -1.91. The summed E-state index contributed by atoms with van der Waals surface area (Å²) in [5.41, 5.74) is 7.30. The van der Waals surface area contributed by atoms with Crippen molar-refractivity contribution in [3.63, 3.8) is 0 Å². The molecule has 1 aromatic carbocycles. The number of anilines is 1. The fourth-order valence-corrected chi connectivity index (χ4v) is 1.66. The van der Waals surface area contributed by atoms with E-state index in [4.69, 9.17) is 19.9 Å². The van der Waals surface area contributed by atoms with Crippen LogP contribution in [0.25, 0.3) is 0 Å². The second-order valence-corrected chi connectivity index (χ2v) is 4.17. The number of esters is 1. The van der Waals surface area contributed by atoms with Crippen LogP contribution in [0.4, 0.5) is 5.69 Å². The Labute approximate surface area is 99.5 Å². The predicted octanol–water partition coefficient (Wildman–Crippen LogP) is 1.87. The number of aryl methyl sites for hydroxylation is 1. The standard InChI is InChI=1S/C12H15NO4/c1-6(2)17-12(14)9-10(13)7(3)4-8-11(9)16-5-15-8/h4,6H,5,13H2,1-3H3. The van der Waals surface area contributed by atoms with Gasteiger partial charge in [0.25, 0.3) is 0 Å². The van der Waals surface area contributed by atoms with Crippen LogP contribution in [0.1, 0.15) is 29.8 Å². The number of carbonyl (C=O) groups excluding carboxylic acids is 1. The van der Waals surface area contributed by atoms with Gasteiger partial charge in [-0.3, -0.25) is 0 Å². The normalized spacial score (nSPS) is 12.9. The molecule has 92 valence electrons. The zero-order valence-electron chi connectivity index (χ0n) is 10.1. The van der Waals surface area contributed by atoms with Gasteiger partial charge in [-0.15, -0.1) is 0 Å². The number of hydrogen-bond acceptors (Lipinski definition) is 5. The molecule has 1 aliphatic rings. The van der Waals surface area contributed by atoms with Gasteiger partial charge >= 0.3 is 5.97 Å². The summed E-state index contributed by atoms with van der Waals surface area (Å²) >= 11 is 0. The number of carbonyl (C=O) groups is 1. The van der Waals surface area contributed by atoms with E-state index in [2.05, 4.69) is 0 Å². The van der Waals surface area contributed by atoms with Crippen LogP contribution < -0.4 is 15.2 Å². The summed E-state index contributed by atoms with van der Waals surface area (Å²) in [5.74, 6) is 0.425. The first-order valence-corrected chi connectivity index (χ1v) is 5.40. The maximum absolute atomic E-state index is 12.0. The van der Waals surface area contributed by atoms with Gasteiger partial charge in [-0.25, -0.2) is 4.79 Å². The van der Waals surface area contributed by atoms with Crippen LogP contribution in [0.15, 0.2) is 6.07 Å². The van der Waals surface area contributed by atoms with Crippen LogP contribution in [-0.2, 0) is 4.74 Å².